The van der Waals surface area contributed by atoms with Crippen LogP contribution in [0.15, 0.2) is 23.1 Å². The smallest absolute Gasteiger partial charge is 0.240 e. The Balaban J connectivity index is 1.68. The van der Waals surface area contributed by atoms with Crippen LogP contribution in [0.1, 0.15) is 24.0 Å². The molecule has 2 aliphatic heterocycles. The van der Waals surface area contributed by atoms with Gasteiger partial charge in [0.1, 0.15) is 0 Å². The molecule has 0 bridgehead atoms. The van der Waals surface area contributed by atoms with E-state index in [1.165, 1.54) is 11.8 Å². The van der Waals surface area contributed by atoms with Crippen LogP contribution in [0.25, 0.3) is 0 Å². The first-order valence-electron chi connectivity index (χ1n) is 8.49. The van der Waals surface area contributed by atoms with Gasteiger partial charge in [0.15, 0.2) is 0 Å². The summed E-state index contributed by atoms with van der Waals surface area (Å²) in [4.78, 5) is 14.2. The Labute approximate surface area is 153 Å². The molecule has 1 saturated heterocycles. The van der Waals surface area contributed by atoms with Crippen molar-refractivity contribution in [2.24, 2.45) is 0 Å². The lowest BCUT2D eigenvalue weighted by atomic mass is 10.00. The predicted molar refractivity (Wildman–Crippen MR) is 98.1 cm³/mol. The molecule has 1 amide bonds. The highest BCUT2D eigenvalue weighted by Gasteiger charge is 2.24. The molecule has 1 N–H and O–H groups in total. The van der Waals surface area contributed by atoms with E-state index in [0.717, 1.165) is 24.0 Å². The van der Waals surface area contributed by atoms with Crippen LogP contribution in [-0.4, -0.2) is 57.0 Å². The maximum atomic E-state index is 12.5. The van der Waals surface area contributed by atoms with Gasteiger partial charge >= 0.3 is 0 Å². The van der Waals surface area contributed by atoms with E-state index in [2.05, 4.69) is 4.72 Å². The summed E-state index contributed by atoms with van der Waals surface area (Å²) < 4.78 is 33.1. The van der Waals surface area contributed by atoms with Gasteiger partial charge in [-0.25, -0.2) is 13.1 Å². The van der Waals surface area contributed by atoms with E-state index in [4.69, 9.17) is 4.74 Å². The van der Waals surface area contributed by atoms with Gasteiger partial charge in [-0.2, -0.15) is 11.8 Å². The summed E-state index contributed by atoms with van der Waals surface area (Å²) in [5, 5.41) is 0. The third-order valence-corrected chi connectivity index (χ3v) is 6.60. The topological polar surface area (TPSA) is 75.7 Å². The van der Waals surface area contributed by atoms with Gasteiger partial charge in [-0.05, 0) is 48.8 Å². The molecular weight excluding hydrogens is 360 g/mol. The maximum Gasteiger partial charge on any atom is 0.240 e. The average Bonchev–Trinajstić information content (AvgIpc) is 3.13. The lowest BCUT2D eigenvalue weighted by Crippen LogP contribution is -2.37. The van der Waals surface area contributed by atoms with Crippen molar-refractivity contribution in [3.05, 3.63) is 29.3 Å². The van der Waals surface area contributed by atoms with Gasteiger partial charge in [0, 0.05) is 26.2 Å². The number of rotatable bonds is 6. The molecule has 0 saturated carbocycles. The fourth-order valence-electron chi connectivity index (χ4n) is 3.22. The van der Waals surface area contributed by atoms with Gasteiger partial charge in [0.05, 0.1) is 16.8 Å². The molecule has 1 aromatic carbocycles. The molecule has 1 aromatic rings. The van der Waals surface area contributed by atoms with E-state index in [1.54, 1.807) is 12.1 Å². The van der Waals surface area contributed by atoms with Crippen LogP contribution in [0.5, 0.6) is 0 Å². The summed E-state index contributed by atoms with van der Waals surface area (Å²) in [6.07, 6.45) is 4.45. The number of carbonyl (C=O) groups is 1. The number of hydrogen-bond donors (Lipinski definition) is 1. The third-order valence-electron chi connectivity index (χ3n) is 4.65. The van der Waals surface area contributed by atoms with Crippen LogP contribution in [0.2, 0.25) is 0 Å². The SMILES string of the molecule is CSCC(=O)N1CCc2cc(S(=O)(=O)NC[C@H]3CCCO3)ccc2C1. The Morgan fingerprint density at radius 3 is 2.96 bits per heavy atom. The first-order valence-corrected chi connectivity index (χ1v) is 11.4. The molecule has 8 heteroatoms. The molecule has 0 aliphatic carbocycles. The van der Waals surface area contributed by atoms with E-state index in [0.29, 0.717) is 38.4 Å². The lowest BCUT2D eigenvalue weighted by Gasteiger charge is -2.29. The number of carbonyl (C=O) groups excluding carboxylic acids is 1. The lowest BCUT2D eigenvalue weighted by molar-refractivity contribution is -0.129. The number of hydrogen-bond acceptors (Lipinski definition) is 5. The quantitative estimate of drug-likeness (QED) is 0.802. The number of amides is 1. The van der Waals surface area contributed by atoms with E-state index >= 15 is 0 Å². The molecule has 0 aromatic heterocycles. The monoisotopic (exact) mass is 384 g/mol. The molecule has 2 heterocycles. The van der Waals surface area contributed by atoms with Crippen molar-refractivity contribution in [1.29, 1.82) is 0 Å². The molecule has 25 heavy (non-hydrogen) atoms. The van der Waals surface area contributed by atoms with Crippen LogP contribution < -0.4 is 4.72 Å². The Hall–Kier alpha value is -1.09. The summed E-state index contributed by atoms with van der Waals surface area (Å²) >= 11 is 1.52. The Morgan fingerprint density at radius 2 is 2.24 bits per heavy atom. The fourth-order valence-corrected chi connectivity index (χ4v) is 4.76. The standard InChI is InChI=1S/C17H24N2O4S2/c1-24-12-17(20)19-7-6-13-9-16(5-4-14(13)11-19)25(21,22)18-10-15-3-2-8-23-15/h4-5,9,15,18H,2-3,6-8,10-12H2,1H3/t15-/m1/s1. The summed E-state index contributed by atoms with van der Waals surface area (Å²) in [5.41, 5.74) is 2.03. The van der Waals surface area contributed by atoms with E-state index < -0.39 is 10.0 Å². The highest BCUT2D eigenvalue weighted by molar-refractivity contribution is 7.99. The molecule has 138 valence electrons. The molecule has 3 rings (SSSR count). The van der Waals surface area contributed by atoms with Crippen molar-refractivity contribution >= 4 is 27.7 Å². The number of benzene rings is 1. The van der Waals surface area contributed by atoms with Crippen molar-refractivity contribution in [3.8, 4) is 0 Å². The predicted octanol–water partition coefficient (Wildman–Crippen LogP) is 1.39. The van der Waals surface area contributed by atoms with Crippen molar-refractivity contribution in [2.75, 3.05) is 31.7 Å². The molecule has 0 unspecified atom stereocenters. The first-order chi connectivity index (χ1) is 12.0. The highest BCUT2D eigenvalue weighted by atomic mass is 32.2. The molecule has 0 spiro atoms. The minimum absolute atomic E-state index is 0.0246. The van der Waals surface area contributed by atoms with Gasteiger partial charge < -0.3 is 9.64 Å². The van der Waals surface area contributed by atoms with Gasteiger partial charge in [0.25, 0.3) is 0 Å². The zero-order chi connectivity index (χ0) is 17.9. The van der Waals surface area contributed by atoms with E-state index in [1.807, 2.05) is 17.2 Å². The zero-order valence-electron chi connectivity index (χ0n) is 14.4. The first kappa shape index (κ1) is 18.7. The number of nitrogens with one attached hydrogen (secondary N) is 1. The van der Waals surface area contributed by atoms with Gasteiger partial charge in [0.2, 0.25) is 15.9 Å². The van der Waals surface area contributed by atoms with Crippen molar-refractivity contribution in [3.63, 3.8) is 0 Å². The van der Waals surface area contributed by atoms with Crippen molar-refractivity contribution < 1.29 is 17.9 Å². The summed E-state index contributed by atoms with van der Waals surface area (Å²) in [5.74, 6) is 0.614. The van der Waals surface area contributed by atoms with E-state index in [-0.39, 0.29) is 16.9 Å². The number of thioether (sulfide) groups is 1. The zero-order valence-corrected chi connectivity index (χ0v) is 16.0. The second-order valence-corrected chi connectivity index (χ2v) is 9.05. The minimum Gasteiger partial charge on any atom is -0.377 e. The number of sulfonamides is 1. The molecule has 1 atom stereocenters. The van der Waals surface area contributed by atoms with Crippen LogP contribution in [-0.2, 0) is 32.5 Å². The van der Waals surface area contributed by atoms with Crippen molar-refractivity contribution in [1.82, 2.24) is 9.62 Å². The second-order valence-electron chi connectivity index (χ2n) is 6.42. The molecule has 1 fully saturated rings. The van der Waals surface area contributed by atoms with E-state index in [9.17, 15) is 13.2 Å². The normalized spacial score (nSPS) is 20.5. The summed E-state index contributed by atoms with van der Waals surface area (Å²) in [7, 11) is -3.53. The average molecular weight is 385 g/mol. The van der Waals surface area contributed by atoms with Crippen molar-refractivity contribution in [2.45, 2.75) is 36.8 Å². The molecule has 2 aliphatic rings. The van der Waals surface area contributed by atoms with Crippen LogP contribution in [0, 0.1) is 0 Å². The number of ether oxygens (including phenoxy) is 1. The Morgan fingerprint density at radius 1 is 1.40 bits per heavy atom. The fraction of sp³-hybridized carbons (Fsp3) is 0.588. The largest absolute Gasteiger partial charge is 0.377 e. The molecular formula is C17H24N2O4S2. The van der Waals surface area contributed by atoms with Gasteiger partial charge in [-0.15, -0.1) is 0 Å². The minimum atomic E-state index is -3.53. The molecule has 6 nitrogen and oxygen atoms in total. The maximum absolute atomic E-state index is 12.5. The second kappa shape index (κ2) is 8.07. The summed E-state index contributed by atoms with van der Waals surface area (Å²) in [6, 6.07) is 5.19. The van der Waals surface area contributed by atoms with Crippen LogP contribution in [0.4, 0.5) is 0 Å². The van der Waals surface area contributed by atoms with Crippen LogP contribution in [0.3, 0.4) is 0 Å². The van der Waals surface area contributed by atoms with Crippen LogP contribution >= 0.6 is 11.8 Å². The Bertz CT molecular complexity index is 730. The van der Waals surface area contributed by atoms with Gasteiger partial charge in [-0.1, -0.05) is 6.07 Å². The number of fused-ring (bicyclic) bond motifs is 1. The highest BCUT2D eigenvalue weighted by Crippen LogP contribution is 2.23. The number of nitrogens with zero attached hydrogens (tertiary/aromatic N) is 1. The van der Waals surface area contributed by atoms with Gasteiger partial charge in [-0.3, -0.25) is 4.79 Å². The third kappa shape index (κ3) is 4.55. The summed E-state index contributed by atoms with van der Waals surface area (Å²) in [6.45, 7) is 2.21. The molecule has 0 radical (unpaired) electrons. The Kier molecular flexibility index (Phi) is 6.04.